The summed E-state index contributed by atoms with van der Waals surface area (Å²) in [5, 5.41) is 3.09. The van der Waals surface area contributed by atoms with E-state index in [2.05, 4.69) is 92.9 Å². The van der Waals surface area contributed by atoms with E-state index in [1.807, 2.05) is 27.2 Å². The maximum absolute atomic E-state index is 13.7. The third-order valence-electron chi connectivity index (χ3n) is 17.7. The lowest BCUT2D eigenvalue weighted by atomic mass is 10.0. The first-order valence-electron chi connectivity index (χ1n) is 39.3. The van der Waals surface area contributed by atoms with Gasteiger partial charge in [0.2, 0.25) is 5.91 Å². The molecular weight excluding hydrogens is 1140 g/mol. The summed E-state index contributed by atoms with van der Waals surface area (Å²) in [7, 11) is 1.51. The Hall–Kier alpha value is -2.55. The fraction of sp³-hybridized carbons (Fsp3) is 0.827. The molecular formula is C81H152N2O7P+. The molecule has 3 unspecified atom stereocenters. The van der Waals surface area contributed by atoms with Gasteiger partial charge in [-0.25, -0.2) is 4.57 Å². The minimum Gasteiger partial charge on any atom is -0.456 e. The molecule has 91 heavy (non-hydrogen) atoms. The van der Waals surface area contributed by atoms with E-state index in [-0.39, 0.29) is 31.5 Å². The second-order valence-electron chi connectivity index (χ2n) is 27.9. The Labute approximate surface area is 565 Å². The van der Waals surface area contributed by atoms with Crippen molar-refractivity contribution < 1.29 is 37.3 Å². The van der Waals surface area contributed by atoms with Crippen LogP contribution in [-0.2, 0) is 27.9 Å². The molecule has 0 bridgehead atoms. The number of unbranched alkanes of at least 4 members (excludes halogenated alkanes) is 46. The highest BCUT2D eigenvalue weighted by molar-refractivity contribution is 7.47. The molecule has 0 rings (SSSR count). The molecule has 0 aliphatic rings. The van der Waals surface area contributed by atoms with Crippen molar-refractivity contribution in [3.63, 3.8) is 0 Å². The maximum atomic E-state index is 13.7. The quantitative estimate of drug-likeness (QED) is 0.0205. The van der Waals surface area contributed by atoms with E-state index in [9.17, 15) is 19.0 Å². The number of carbonyl (C=O) groups is 2. The van der Waals surface area contributed by atoms with Gasteiger partial charge >= 0.3 is 13.8 Å². The number of phosphoric ester groups is 1. The summed E-state index contributed by atoms with van der Waals surface area (Å²) in [6.07, 6.45) is 93.6. The zero-order valence-corrected chi connectivity index (χ0v) is 62.0. The summed E-state index contributed by atoms with van der Waals surface area (Å²) in [5.74, 6) is -0.491. The lowest BCUT2D eigenvalue weighted by Gasteiger charge is -2.27. The number of allylic oxidation sites excluding steroid dienone is 11. The van der Waals surface area contributed by atoms with Crippen molar-refractivity contribution in [3.05, 3.63) is 72.9 Å². The highest BCUT2D eigenvalue weighted by atomic mass is 31.2. The number of phosphoric acid groups is 1. The number of amides is 1. The molecule has 0 aromatic heterocycles. The number of nitrogens with zero attached hydrogens (tertiary/aromatic N) is 1. The maximum Gasteiger partial charge on any atom is 0.472 e. The number of quaternary nitrogens is 1. The lowest BCUT2D eigenvalue weighted by Crippen LogP contribution is -2.47. The molecule has 0 saturated heterocycles. The molecule has 2 N–H and O–H groups in total. The minimum atomic E-state index is -4.46. The van der Waals surface area contributed by atoms with Crippen LogP contribution in [-0.4, -0.2) is 74.3 Å². The van der Waals surface area contributed by atoms with Gasteiger partial charge in [-0.05, 0) is 76.7 Å². The van der Waals surface area contributed by atoms with Gasteiger partial charge in [0, 0.05) is 12.8 Å². The van der Waals surface area contributed by atoms with Crippen LogP contribution in [0.25, 0.3) is 0 Å². The Bertz CT molecular complexity index is 1780. The van der Waals surface area contributed by atoms with Crippen LogP contribution in [0.2, 0.25) is 0 Å². The number of hydrogen-bond acceptors (Lipinski definition) is 6. The SMILES string of the molecule is CC/C=C\C/C=C\C/C=C\C/C=C\C/C=C\CCCCCCCCCCCCCC(=O)OC(/C=C/CCCCCCCCCCCCC)C(COP(=O)(O)OCC[N+](C)(C)C)NC(=O)CCCCCCCCCCCCCCCCCCCCCCCCCCC. The highest BCUT2D eigenvalue weighted by Crippen LogP contribution is 2.43. The number of rotatable bonds is 72. The molecule has 0 aromatic rings. The minimum absolute atomic E-state index is 0.0403. The number of likely N-dealkylation sites (N-methyl/N-ethyl adjacent to an activating group) is 1. The number of carbonyl (C=O) groups excluding carboxylic acids is 2. The van der Waals surface area contributed by atoms with Gasteiger partial charge in [-0.2, -0.15) is 0 Å². The molecule has 0 fully saturated rings. The number of hydrogen-bond donors (Lipinski definition) is 2. The van der Waals surface area contributed by atoms with Crippen molar-refractivity contribution in [2.75, 3.05) is 40.9 Å². The van der Waals surface area contributed by atoms with Crippen LogP contribution in [0.5, 0.6) is 0 Å². The van der Waals surface area contributed by atoms with E-state index < -0.39 is 20.0 Å². The Morgan fingerprint density at radius 2 is 0.703 bits per heavy atom. The summed E-state index contributed by atoms with van der Waals surface area (Å²) < 4.78 is 30.9. The van der Waals surface area contributed by atoms with Crippen LogP contribution >= 0.6 is 7.82 Å². The third kappa shape index (κ3) is 71.6. The summed E-state index contributed by atoms with van der Waals surface area (Å²) >= 11 is 0. The van der Waals surface area contributed by atoms with E-state index in [0.29, 0.717) is 17.4 Å². The molecule has 0 radical (unpaired) electrons. The van der Waals surface area contributed by atoms with E-state index in [0.717, 1.165) is 89.9 Å². The van der Waals surface area contributed by atoms with Gasteiger partial charge in [0.1, 0.15) is 19.3 Å². The van der Waals surface area contributed by atoms with E-state index in [4.69, 9.17) is 13.8 Å². The van der Waals surface area contributed by atoms with Gasteiger partial charge in [-0.1, -0.05) is 364 Å². The predicted molar refractivity (Wildman–Crippen MR) is 397 cm³/mol. The van der Waals surface area contributed by atoms with Crippen molar-refractivity contribution in [2.45, 2.75) is 392 Å². The van der Waals surface area contributed by atoms with Crippen molar-refractivity contribution in [2.24, 2.45) is 0 Å². The van der Waals surface area contributed by atoms with E-state index in [1.165, 1.54) is 257 Å². The number of esters is 1. The normalized spacial score (nSPS) is 13.8. The molecule has 10 heteroatoms. The van der Waals surface area contributed by atoms with Crippen molar-refractivity contribution in [1.82, 2.24) is 5.32 Å². The van der Waals surface area contributed by atoms with Crippen LogP contribution in [0.4, 0.5) is 0 Å². The first-order valence-corrected chi connectivity index (χ1v) is 40.8. The van der Waals surface area contributed by atoms with Crippen LogP contribution < -0.4 is 5.32 Å². The van der Waals surface area contributed by atoms with Gasteiger partial charge < -0.3 is 19.4 Å². The fourth-order valence-electron chi connectivity index (χ4n) is 11.7. The Balaban J connectivity index is 4.97. The molecule has 9 nitrogen and oxygen atoms in total. The summed E-state index contributed by atoms with van der Waals surface area (Å²) in [4.78, 5) is 38.0. The van der Waals surface area contributed by atoms with E-state index in [1.54, 1.807) is 0 Å². The molecule has 1 amide bonds. The topological polar surface area (TPSA) is 111 Å². The van der Waals surface area contributed by atoms with Crippen LogP contribution in [0.3, 0.4) is 0 Å². The van der Waals surface area contributed by atoms with Gasteiger partial charge in [-0.15, -0.1) is 0 Å². The zero-order chi connectivity index (χ0) is 66.3. The van der Waals surface area contributed by atoms with E-state index >= 15 is 0 Å². The predicted octanol–water partition coefficient (Wildman–Crippen LogP) is 25.5. The summed E-state index contributed by atoms with van der Waals surface area (Å²) in [5.41, 5.74) is 0. The molecule has 0 aromatic carbocycles. The standard InChI is InChI=1S/C81H151N2O7P/c1-7-10-13-16-19-22-25-28-30-32-34-36-38-40-41-43-45-47-49-51-53-56-59-62-65-68-71-74-81(85)90-79(72-69-66-63-60-57-54-27-24-21-18-15-12-9-3)78(77-89-91(86,87)88-76-75-83(4,5)6)82-80(84)73-70-67-64-61-58-55-52-50-48-46-44-42-39-37-35-33-31-29-26-23-20-17-14-11-8-2/h10,13,19,22,28,30,34,36,40-41,69,72,78-79H,7-9,11-12,14-18,20-21,23-27,29,31-33,35,37-39,42-68,70-71,73-77H2,1-6H3,(H-,82,84,86,87)/p+1/b13-10-,22-19-,30-28-,36-34-,41-40-,72-69+. The molecule has 0 aliphatic heterocycles. The van der Waals surface area contributed by atoms with Crippen LogP contribution in [0.15, 0.2) is 72.9 Å². The lowest BCUT2D eigenvalue weighted by molar-refractivity contribution is -0.870. The van der Waals surface area contributed by atoms with Gasteiger partial charge in [-0.3, -0.25) is 18.6 Å². The smallest absolute Gasteiger partial charge is 0.456 e. The largest absolute Gasteiger partial charge is 0.472 e. The monoisotopic (exact) mass is 1300 g/mol. The molecule has 532 valence electrons. The molecule has 3 atom stereocenters. The van der Waals surface area contributed by atoms with Gasteiger partial charge in [0.25, 0.3) is 0 Å². The zero-order valence-electron chi connectivity index (χ0n) is 61.1. The van der Waals surface area contributed by atoms with Gasteiger partial charge in [0.15, 0.2) is 0 Å². The van der Waals surface area contributed by atoms with Crippen LogP contribution in [0.1, 0.15) is 380 Å². The Morgan fingerprint density at radius 1 is 0.396 bits per heavy atom. The fourth-order valence-corrected chi connectivity index (χ4v) is 12.4. The summed E-state index contributed by atoms with van der Waals surface area (Å²) in [6.45, 7) is 6.96. The first kappa shape index (κ1) is 88.5. The second kappa shape index (κ2) is 70.3. The average molecular weight is 1300 g/mol. The van der Waals surface area contributed by atoms with Crippen molar-refractivity contribution >= 4 is 19.7 Å². The van der Waals surface area contributed by atoms with Crippen LogP contribution in [0, 0.1) is 0 Å². The average Bonchev–Trinajstić information content (AvgIpc) is 3.73. The molecule has 0 aliphatic carbocycles. The summed E-state index contributed by atoms with van der Waals surface area (Å²) in [6, 6.07) is -0.851. The first-order chi connectivity index (χ1) is 44.4. The second-order valence-corrected chi connectivity index (χ2v) is 29.3. The highest BCUT2D eigenvalue weighted by Gasteiger charge is 2.30. The van der Waals surface area contributed by atoms with Crippen molar-refractivity contribution in [1.29, 1.82) is 0 Å². The number of nitrogens with one attached hydrogen (secondary N) is 1. The Kier molecular flexibility index (Phi) is 68.3. The third-order valence-corrected chi connectivity index (χ3v) is 18.6. The molecule has 0 spiro atoms. The Morgan fingerprint density at radius 3 is 1.05 bits per heavy atom. The van der Waals surface area contributed by atoms with Crippen molar-refractivity contribution in [3.8, 4) is 0 Å². The molecule has 0 heterocycles. The van der Waals surface area contributed by atoms with Gasteiger partial charge in [0.05, 0.1) is 33.8 Å². The number of ether oxygens (including phenoxy) is 1. The molecule has 0 saturated carbocycles.